The van der Waals surface area contributed by atoms with Gasteiger partial charge in [0.05, 0.1) is 7.11 Å². The summed E-state index contributed by atoms with van der Waals surface area (Å²) in [5.74, 6) is -0.241. The molecule has 1 rings (SSSR count). The number of esters is 1. The van der Waals surface area contributed by atoms with Crippen LogP contribution in [0.5, 0.6) is 0 Å². The molecule has 1 atom stereocenters. The Morgan fingerprint density at radius 2 is 1.81 bits per heavy atom. The third-order valence-corrected chi connectivity index (χ3v) is 3.69. The van der Waals surface area contributed by atoms with E-state index in [0.29, 0.717) is 6.54 Å². The van der Waals surface area contributed by atoms with Crippen molar-refractivity contribution in [2.75, 3.05) is 26.7 Å². The van der Waals surface area contributed by atoms with Gasteiger partial charge in [0.1, 0.15) is 0 Å². The average molecular weight is 292 g/mol. The quantitative estimate of drug-likeness (QED) is 0.747. The molecule has 1 N–H and O–H groups in total. The zero-order valence-corrected chi connectivity index (χ0v) is 13.8. The zero-order chi connectivity index (χ0) is 15.9. The first-order valence-electron chi connectivity index (χ1n) is 7.64. The lowest BCUT2D eigenvalue weighted by Gasteiger charge is -2.38. The van der Waals surface area contributed by atoms with Gasteiger partial charge in [0, 0.05) is 12.6 Å². The summed E-state index contributed by atoms with van der Waals surface area (Å²) in [6.45, 7) is 10.7. The second kappa shape index (κ2) is 8.15. The van der Waals surface area contributed by atoms with E-state index in [0.717, 1.165) is 18.7 Å². The van der Waals surface area contributed by atoms with Crippen LogP contribution in [0.4, 0.5) is 0 Å². The van der Waals surface area contributed by atoms with E-state index in [-0.39, 0.29) is 12.0 Å². The van der Waals surface area contributed by atoms with Gasteiger partial charge in [-0.1, -0.05) is 44.2 Å². The topological polar surface area (TPSA) is 41.6 Å². The molecule has 0 fully saturated rings. The minimum atomic E-state index is -0.837. The van der Waals surface area contributed by atoms with Gasteiger partial charge in [-0.2, -0.15) is 0 Å². The van der Waals surface area contributed by atoms with Gasteiger partial charge in [-0.3, -0.25) is 5.32 Å². The second-order valence-corrected chi connectivity index (χ2v) is 5.52. The van der Waals surface area contributed by atoms with Crippen molar-refractivity contribution < 1.29 is 9.53 Å². The van der Waals surface area contributed by atoms with Gasteiger partial charge in [0.15, 0.2) is 5.54 Å². The number of nitrogens with one attached hydrogen (secondary N) is 1. The normalized spacial score (nSPS) is 14.2. The summed E-state index contributed by atoms with van der Waals surface area (Å²) < 4.78 is 5.13. The Labute approximate surface area is 128 Å². The van der Waals surface area contributed by atoms with E-state index in [1.54, 1.807) is 0 Å². The third-order valence-electron chi connectivity index (χ3n) is 3.69. The zero-order valence-electron chi connectivity index (χ0n) is 13.8. The maximum Gasteiger partial charge on any atom is 0.332 e. The molecule has 4 heteroatoms. The average Bonchev–Trinajstić information content (AvgIpc) is 2.51. The summed E-state index contributed by atoms with van der Waals surface area (Å²) in [6.07, 6.45) is 0. The lowest BCUT2D eigenvalue weighted by Crippen LogP contribution is -2.58. The molecule has 0 heterocycles. The molecule has 118 valence electrons. The third kappa shape index (κ3) is 4.29. The minimum absolute atomic E-state index is 0.167. The number of carbonyl (C=O) groups is 1. The summed E-state index contributed by atoms with van der Waals surface area (Å²) >= 11 is 0. The predicted octanol–water partition coefficient (Wildman–Crippen LogP) is 2.39. The standard InChI is InChI=1S/C17H28N2O2/c1-6-19(7-2)13-17(16(20)21-5,18-14(3)4)15-11-9-8-10-12-15/h8-12,14,18H,6-7,13H2,1-5H3. The first-order chi connectivity index (χ1) is 10.00. The molecule has 0 aliphatic heterocycles. The van der Waals surface area contributed by atoms with Crippen LogP contribution in [0, 0.1) is 0 Å². The Hall–Kier alpha value is -1.39. The number of nitrogens with zero attached hydrogens (tertiary/aromatic N) is 1. The van der Waals surface area contributed by atoms with Gasteiger partial charge in [0.2, 0.25) is 0 Å². The molecule has 1 aromatic rings. The summed E-state index contributed by atoms with van der Waals surface area (Å²) in [6, 6.07) is 10.00. The van der Waals surface area contributed by atoms with Crippen molar-refractivity contribution in [2.24, 2.45) is 0 Å². The molecule has 0 aliphatic carbocycles. The van der Waals surface area contributed by atoms with Gasteiger partial charge in [-0.15, -0.1) is 0 Å². The Kier molecular flexibility index (Phi) is 6.85. The maximum absolute atomic E-state index is 12.6. The second-order valence-electron chi connectivity index (χ2n) is 5.52. The number of methoxy groups -OCH3 is 1. The van der Waals surface area contributed by atoms with Gasteiger partial charge in [-0.25, -0.2) is 4.79 Å². The highest BCUT2D eigenvalue weighted by molar-refractivity contribution is 5.83. The van der Waals surface area contributed by atoms with E-state index >= 15 is 0 Å². The summed E-state index contributed by atoms with van der Waals surface area (Å²) in [5, 5.41) is 3.44. The van der Waals surface area contributed by atoms with Gasteiger partial charge in [-0.05, 0) is 32.5 Å². The number of hydrogen-bond acceptors (Lipinski definition) is 4. The Bertz CT molecular complexity index is 430. The van der Waals surface area contributed by atoms with E-state index in [4.69, 9.17) is 4.74 Å². The van der Waals surface area contributed by atoms with E-state index in [1.807, 2.05) is 44.2 Å². The molecular formula is C17H28N2O2. The van der Waals surface area contributed by atoms with Crippen LogP contribution in [0.25, 0.3) is 0 Å². The van der Waals surface area contributed by atoms with Crippen molar-refractivity contribution >= 4 is 5.97 Å². The van der Waals surface area contributed by atoms with Crippen LogP contribution in [0.3, 0.4) is 0 Å². The highest BCUT2D eigenvalue weighted by atomic mass is 16.5. The number of carbonyl (C=O) groups excluding carboxylic acids is 1. The van der Waals surface area contributed by atoms with Crippen LogP contribution in [-0.4, -0.2) is 43.7 Å². The van der Waals surface area contributed by atoms with Crippen molar-refractivity contribution in [1.29, 1.82) is 0 Å². The van der Waals surface area contributed by atoms with Gasteiger partial charge < -0.3 is 9.64 Å². The molecule has 0 saturated carbocycles. The van der Waals surface area contributed by atoms with Crippen LogP contribution in [0.2, 0.25) is 0 Å². The van der Waals surface area contributed by atoms with E-state index in [2.05, 4.69) is 24.1 Å². The van der Waals surface area contributed by atoms with Gasteiger partial charge in [0.25, 0.3) is 0 Å². The molecule has 0 radical (unpaired) electrons. The van der Waals surface area contributed by atoms with Gasteiger partial charge >= 0.3 is 5.97 Å². The molecule has 0 aliphatic rings. The molecule has 0 saturated heterocycles. The Morgan fingerprint density at radius 1 is 1.24 bits per heavy atom. The largest absolute Gasteiger partial charge is 0.467 e. The summed E-state index contributed by atoms with van der Waals surface area (Å²) in [5.41, 5.74) is 0.105. The Balaban J connectivity index is 3.31. The molecule has 4 nitrogen and oxygen atoms in total. The fourth-order valence-corrected chi connectivity index (χ4v) is 2.63. The molecule has 0 aromatic heterocycles. The number of ether oxygens (including phenoxy) is 1. The minimum Gasteiger partial charge on any atom is -0.467 e. The van der Waals surface area contributed by atoms with Crippen LogP contribution in [0.15, 0.2) is 30.3 Å². The number of likely N-dealkylation sites (N-methyl/N-ethyl adjacent to an activating group) is 1. The first kappa shape index (κ1) is 17.7. The molecule has 0 amide bonds. The number of benzene rings is 1. The molecule has 1 unspecified atom stereocenters. The van der Waals surface area contributed by atoms with Crippen molar-refractivity contribution in [3.63, 3.8) is 0 Å². The maximum atomic E-state index is 12.6. The molecule has 1 aromatic carbocycles. The van der Waals surface area contributed by atoms with Crippen molar-refractivity contribution in [1.82, 2.24) is 10.2 Å². The number of rotatable bonds is 8. The van der Waals surface area contributed by atoms with Crippen molar-refractivity contribution in [3.8, 4) is 0 Å². The monoisotopic (exact) mass is 292 g/mol. The van der Waals surface area contributed by atoms with E-state index in [1.165, 1.54) is 7.11 Å². The predicted molar refractivity (Wildman–Crippen MR) is 86.2 cm³/mol. The fourth-order valence-electron chi connectivity index (χ4n) is 2.63. The highest BCUT2D eigenvalue weighted by Crippen LogP contribution is 2.25. The first-order valence-corrected chi connectivity index (χ1v) is 7.64. The van der Waals surface area contributed by atoms with Crippen molar-refractivity contribution in [2.45, 2.75) is 39.3 Å². The van der Waals surface area contributed by atoms with Crippen LogP contribution in [0.1, 0.15) is 33.3 Å². The number of hydrogen-bond donors (Lipinski definition) is 1. The summed E-state index contributed by atoms with van der Waals surface area (Å²) in [4.78, 5) is 14.9. The lowest BCUT2D eigenvalue weighted by atomic mass is 9.88. The molecule has 0 bridgehead atoms. The highest BCUT2D eigenvalue weighted by Gasteiger charge is 2.42. The van der Waals surface area contributed by atoms with Crippen LogP contribution < -0.4 is 5.32 Å². The molecule has 0 spiro atoms. The van der Waals surface area contributed by atoms with Crippen molar-refractivity contribution in [3.05, 3.63) is 35.9 Å². The summed E-state index contributed by atoms with van der Waals surface area (Å²) in [7, 11) is 1.45. The molecular weight excluding hydrogens is 264 g/mol. The lowest BCUT2D eigenvalue weighted by molar-refractivity contribution is -0.150. The fraction of sp³-hybridized carbons (Fsp3) is 0.588. The van der Waals surface area contributed by atoms with E-state index < -0.39 is 5.54 Å². The van der Waals surface area contributed by atoms with Crippen LogP contribution in [-0.2, 0) is 15.1 Å². The van der Waals surface area contributed by atoms with E-state index in [9.17, 15) is 4.79 Å². The SMILES string of the molecule is CCN(CC)CC(NC(C)C)(C(=O)OC)c1ccccc1. The smallest absolute Gasteiger partial charge is 0.332 e. The molecule has 21 heavy (non-hydrogen) atoms. The Morgan fingerprint density at radius 3 is 2.24 bits per heavy atom. The van der Waals surface area contributed by atoms with Crippen LogP contribution >= 0.6 is 0 Å².